The second kappa shape index (κ2) is 7.23. The Morgan fingerprint density at radius 2 is 1.68 bits per heavy atom. The molecule has 3 aromatic rings. The summed E-state index contributed by atoms with van der Waals surface area (Å²) in [7, 11) is 0. The normalized spacial score (nSPS) is 19.6. The Morgan fingerprint density at radius 3 is 2.36 bits per heavy atom. The van der Waals surface area contributed by atoms with Crippen molar-refractivity contribution in [2.45, 2.75) is 44.7 Å². The molecule has 4 heteroatoms. The van der Waals surface area contributed by atoms with Crippen molar-refractivity contribution < 1.29 is 17.6 Å². The Labute approximate surface area is 162 Å². The molecule has 0 fully saturated rings. The van der Waals surface area contributed by atoms with E-state index in [-0.39, 0.29) is 11.7 Å². The molecule has 0 N–H and O–H groups in total. The molecule has 0 spiro atoms. The SMILES string of the molecule is CCCC1CCc2c(ccc3ccc(F)cc23)C1c1ccc(C(F)(F)F)cc1. The first-order valence-electron chi connectivity index (χ1n) is 9.76. The van der Waals surface area contributed by atoms with Crippen molar-refractivity contribution in [3.63, 3.8) is 0 Å². The van der Waals surface area contributed by atoms with Crippen molar-refractivity contribution in [2.24, 2.45) is 5.92 Å². The van der Waals surface area contributed by atoms with Gasteiger partial charge in [-0.3, -0.25) is 0 Å². The molecule has 0 nitrogen and oxygen atoms in total. The van der Waals surface area contributed by atoms with Crippen molar-refractivity contribution >= 4 is 10.8 Å². The van der Waals surface area contributed by atoms with Crippen LogP contribution in [0.3, 0.4) is 0 Å². The topological polar surface area (TPSA) is 0 Å². The molecule has 2 unspecified atom stereocenters. The first-order chi connectivity index (χ1) is 13.4. The van der Waals surface area contributed by atoms with Gasteiger partial charge in [0.25, 0.3) is 0 Å². The maximum Gasteiger partial charge on any atom is 0.416 e. The van der Waals surface area contributed by atoms with Crippen LogP contribution >= 0.6 is 0 Å². The molecule has 0 amide bonds. The van der Waals surface area contributed by atoms with E-state index in [1.807, 2.05) is 6.07 Å². The molecule has 0 heterocycles. The van der Waals surface area contributed by atoms with Gasteiger partial charge in [0.15, 0.2) is 0 Å². The molecule has 0 radical (unpaired) electrons. The van der Waals surface area contributed by atoms with E-state index in [2.05, 4.69) is 13.0 Å². The van der Waals surface area contributed by atoms with E-state index in [0.717, 1.165) is 53.1 Å². The molecule has 146 valence electrons. The van der Waals surface area contributed by atoms with Gasteiger partial charge in [-0.15, -0.1) is 0 Å². The highest BCUT2D eigenvalue weighted by Gasteiger charge is 2.33. The Balaban J connectivity index is 1.84. The molecular weight excluding hydrogens is 364 g/mol. The molecular formula is C24H22F4. The molecule has 1 aliphatic rings. The van der Waals surface area contributed by atoms with Gasteiger partial charge >= 0.3 is 6.18 Å². The van der Waals surface area contributed by atoms with Crippen molar-refractivity contribution in [3.8, 4) is 0 Å². The number of rotatable bonds is 3. The largest absolute Gasteiger partial charge is 0.416 e. The van der Waals surface area contributed by atoms with Crippen LogP contribution in [0, 0.1) is 11.7 Å². The minimum atomic E-state index is -4.33. The van der Waals surface area contributed by atoms with Gasteiger partial charge in [0.2, 0.25) is 0 Å². The van der Waals surface area contributed by atoms with Crippen LogP contribution in [0.25, 0.3) is 10.8 Å². The van der Waals surface area contributed by atoms with E-state index in [4.69, 9.17) is 0 Å². The first kappa shape index (κ1) is 19.0. The third-order valence-corrected chi connectivity index (χ3v) is 5.96. The molecule has 0 aliphatic heterocycles. The second-order valence-corrected chi connectivity index (χ2v) is 7.68. The summed E-state index contributed by atoms with van der Waals surface area (Å²) in [4.78, 5) is 0. The van der Waals surface area contributed by atoms with Crippen LogP contribution in [0.4, 0.5) is 17.6 Å². The van der Waals surface area contributed by atoms with Crippen LogP contribution in [0.15, 0.2) is 54.6 Å². The van der Waals surface area contributed by atoms with Gasteiger partial charge in [0.05, 0.1) is 5.56 Å². The van der Waals surface area contributed by atoms with Gasteiger partial charge in [0.1, 0.15) is 5.82 Å². The van der Waals surface area contributed by atoms with Crippen LogP contribution in [0.1, 0.15) is 54.4 Å². The monoisotopic (exact) mass is 386 g/mol. The van der Waals surface area contributed by atoms with Gasteiger partial charge in [-0.25, -0.2) is 4.39 Å². The summed E-state index contributed by atoms with van der Waals surface area (Å²) < 4.78 is 52.8. The Kier molecular flexibility index (Phi) is 4.90. The van der Waals surface area contributed by atoms with E-state index in [9.17, 15) is 17.6 Å². The van der Waals surface area contributed by atoms with Crippen LogP contribution in [0.2, 0.25) is 0 Å². The van der Waals surface area contributed by atoms with Crippen LogP contribution in [0.5, 0.6) is 0 Å². The molecule has 0 saturated heterocycles. The molecule has 4 rings (SSSR count). The molecule has 1 aliphatic carbocycles. The first-order valence-corrected chi connectivity index (χ1v) is 9.76. The van der Waals surface area contributed by atoms with E-state index < -0.39 is 11.7 Å². The van der Waals surface area contributed by atoms with E-state index in [1.54, 1.807) is 24.3 Å². The van der Waals surface area contributed by atoms with Crippen molar-refractivity contribution in [1.29, 1.82) is 0 Å². The Hall–Kier alpha value is -2.36. The lowest BCUT2D eigenvalue weighted by Crippen LogP contribution is -2.22. The van der Waals surface area contributed by atoms with Crippen LogP contribution in [-0.4, -0.2) is 0 Å². The van der Waals surface area contributed by atoms with Crippen molar-refractivity contribution in [3.05, 3.63) is 82.7 Å². The lowest BCUT2D eigenvalue weighted by molar-refractivity contribution is -0.137. The maximum absolute atomic E-state index is 13.9. The third-order valence-electron chi connectivity index (χ3n) is 5.96. The van der Waals surface area contributed by atoms with E-state index >= 15 is 0 Å². The maximum atomic E-state index is 13.9. The van der Waals surface area contributed by atoms with Gasteiger partial charge < -0.3 is 0 Å². The summed E-state index contributed by atoms with van der Waals surface area (Å²) in [6.45, 7) is 2.13. The molecule has 2 atom stereocenters. The molecule has 0 aromatic heterocycles. The lowest BCUT2D eigenvalue weighted by atomic mass is 9.69. The minimum Gasteiger partial charge on any atom is -0.207 e. The number of benzene rings is 3. The van der Waals surface area contributed by atoms with Crippen LogP contribution in [-0.2, 0) is 12.6 Å². The number of hydrogen-bond donors (Lipinski definition) is 0. The fraction of sp³-hybridized carbons (Fsp3) is 0.333. The third kappa shape index (κ3) is 3.41. The summed E-state index contributed by atoms with van der Waals surface area (Å²) in [6, 6.07) is 14.5. The second-order valence-electron chi connectivity index (χ2n) is 7.68. The summed E-state index contributed by atoms with van der Waals surface area (Å²) in [5.41, 5.74) is 2.54. The zero-order chi connectivity index (χ0) is 19.9. The van der Waals surface area contributed by atoms with Crippen molar-refractivity contribution in [1.82, 2.24) is 0 Å². The minimum absolute atomic E-state index is 0.0404. The summed E-state index contributed by atoms with van der Waals surface area (Å²) in [5, 5.41) is 1.92. The summed E-state index contributed by atoms with van der Waals surface area (Å²) >= 11 is 0. The average molecular weight is 386 g/mol. The Morgan fingerprint density at radius 1 is 0.964 bits per heavy atom. The number of hydrogen-bond acceptors (Lipinski definition) is 0. The fourth-order valence-corrected chi connectivity index (χ4v) is 4.70. The number of fused-ring (bicyclic) bond motifs is 3. The highest BCUT2D eigenvalue weighted by Crippen LogP contribution is 2.45. The molecule has 3 aromatic carbocycles. The van der Waals surface area contributed by atoms with Crippen molar-refractivity contribution in [2.75, 3.05) is 0 Å². The van der Waals surface area contributed by atoms with Gasteiger partial charge in [0, 0.05) is 5.92 Å². The highest BCUT2D eigenvalue weighted by molar-refractivity contribution is 5.87. The summed E-state index contributed by atoms with van der Waals surface area (Å²) in [5.74, 6) is 0.154. The van der Waals surface area contributed by atoms with E-state index in [0.29, 0.717) is 5.92 Å². The van der Waals surface area contributed by atoms with E-state index in [1.165, 1.54) is 18.2 Å². The zero-order valence-electron chi connectivity index (χ0n) is 15.7. The zero-order valence-corrected chi connectivity index (χ0v) is 15.7. The predicted octanol–water partition coefficient (Wildman–Crippen LogP) is 7.49. The molecule has 0 saturated carbocycles. The lowest BCUT2D eigenvalue weighted by Gasteiger charge is -2.35. The molecule has 0 bridgehead atoms. The van der Waals surface area contributed by atoms with Gasteiger partial charge in [-0.2, -0.15) is 13.2 Å². The average Bonchev–Trinajstić information content (AvgIpc) is 2.67. The smallest absolute Gasteiger partial charge is 0.207 e. The standard InChI is InChI=1S/C24H22F4/c1-2-3-16-8-12-20-21(13-7-15-6-11-19(25)14-22(15)20)23(16)17-4-9-18(10-5-17)24(26,27)28/h4-7,9-11,13-14,16,23H,2-3,8,12H2,1H3. The van der Waals surface area contributed by atoms with Gasteiger partial charge in [-0.05, 0) is 76.9 Å². The number of halogens is 4. The molecule has 28 heavy (non-hydrogen) atoms. The van der Waals surface area contributed by atoms with Crippen LogP contribution < -0.4 is 0 Å². The fourth-order valence-electron chi connectivity index (χ4n) is 4.70. The Bertz CT molecular complexity index is 986. The highest BCUT2D eigenvalue weighted by atomic mass is 19.4. The van der Waals surface area contributed by atoms with Gasteiger partial charge in [-0.1, -0.05) is 43.7 Å². The predicted molar refractivity (Wildman–Crippen MR) is 104 cm³/mol. The number of aryl methyl sites for hydroxylation is 1. The summed E-state index contributed by atoms with van der Waals surface area (Å²) in [6.07, 6.45) is -0.453. The number of alkyl halides is 3. The quantitative estimate of drug-likeness (QED) is 0.409.